The van der Waals surface area contributed by atoms with Gasteiger partial charge in [0.05, 0.1) is 12.7 Å². The number of hydrogen-bond donors (Lipinski definition) is 1. The third-order valence-corrected chi connectivity index (χ3v) is 4.74. The maximum Gasteiger partial charge on any atom is 0.0685 e. The number of benzene rings is 1. The Labute approximate surface area is 113 Å². The molecule has 2 atom stereocenters. The van der Waals surface area contributed by atoms with E-state index in [0.29, 0.717) is 5.92 Å². The van der Waals surface area contributed by atoms with Gasteiger partial charge in [0.1, 0.15) is 0 Å². The molecule has 1 saturated carbocycles. The summed E-state index contributed by atoms with van der Waals surface area (Å²) in [5.41, 5.74) is 1.01. The Morgan fingerprint density at radius 2 is 2.11 bits per heavy atom. The van der Waals surface area contributed by atoms with Crippen LogP contribution >= 0.6 is 11.6 Å². The van der Waals surface area contributed by atoms with Crippen molar-refractivity contribution >= 4 is 11.6 Å². The van der Waals surface area contributed by atoms with Crippen molar-refractivity contribution in [2.24, 2.45) is 11.3 Å². The first-order valence-electron chi connectivity index (χ1n) is 6.71. The molecule has 1 aliphatic carbocycles. The van der Waals surface area contributed by atoms with Crippen molar-refractivity contribution in [3.05, 3.63) is 34.9 Å². The molecule has 2 aliphatic rings. The summed E-state index contributed by atoms with van der Waals surface area (Å²) in [5, 5.41) is 10.7. The van der Waals surface area contributed by atoms with Crippen molar-refractivity contribution < 1.29 is 9.84 Å². The summed E-state index contributed by atoms with van der Waals surface area (Å²) < 4.78 is 5.89. The summed E-state index contributed by atoms with van der Waals surface area (Å²) in [6, 6.07) is 7.93. The number of ether oxygens (including phenoxy) is 1. The Hall–Kier alpha value is -0.570. The third-order valence-electron chi connectivity index (χ3n) is 4.37. The number of halogens is 1. The smallest absolute Gasteiger partial charge is 0.0685 e. The van der Waals surface area contributed by atoms with Crippen LogP contribution in [0.3, 0.4) is 0 Å². The number of hydrogen-bond acceptors (Lipinski definition) is 2. The molecule has 2 unspecified atom stereocenters. The van der Waals surface area contributed by atoms with Gasteiger partial charge in [0.15, 0.2) is 0 Å². The topological polar surface area (TPSA) is 29.5 Å². The monoisotopic (exact) mass is 266 g/mol. The zero-order chi connectivity index (χ0) is 12.6. The molecule has 0 spiro atoms. The van der Waals surface area contributed by atoms with E-state index >= 15 is 0 Å². The molecule has 3 rings (SSSR count). The van der Waals surface area contributed by atoms with Crippen molar-refractivity contribution in [1.82, 2.24) is 0 Å². The van der Waals surface area contributed by atoms with E-state index in [4.69, 9.17) is 16.3 Å². The maximum atomic E-state index is 9.89. The molecule has 0 aromatic heterocycles. The highest BCUT2D eigenvalue weighted by atomic mass is 35.5. The van der Waals surface area contributed by atoms with Gasteiger partial charge in [-0.05, 0) is 43.2 Å². The van der Waals surface area contributed by atoms with E-state index in [-0.39, 0.29) is 18.1 Å². The van der Waals surface area contributed by atoms with Crippen molar-refractivity contribution in [3.63, 3.8) is 0 Å². The highest BCUT2D eigenvalue weighted by molar-refractivity contribution is 6.31. The minimum Gasteiger partial charge on any atom is -0.396 e. The molecule has 1 saturated heterocycles. The predicted molar refractivity (Wildman–Crippen MR) is 71.8 cm³/mol. The predicted octanol–water partition coefficient (Wildman–Crippen LogP) is 3.06. The Balaban J connectivity index is 1.85. The van der Waals surface area contributed by atoms with Gasteiger partial charge < -0.3 is 9.84 Å². The molecular formula is C15H19ClO2. The highest BCUT2D eigenvalue weighted by Gasteiger charge is 2.50. The van der Waals surface area contributed by atoms with Crippen LogP contribution in [0.4, 0.5) is 0 Å². The molecule has 1 N–H and O–H groups in total. The van der Waals surface area contributed by atoms with Crippen molar-refractivity contribution in [3.8, 4) is 0 Å². The van der Waals surface area contributed by atoms with E-state index in [9.17, 15) is 5.11 Å². The molecular weight excluding hydrogens is 248 g/mol. The molecule has 1 aromatic rings. The maximum absolute atomic E-state index is 9.89. The summed E-state index contributed by atoms with van der Waals surface area (Å²) in [6.07, 6.45) is 4.48. The van der Waals surface area contributed by atoms with Crippen LogP contribution in [0.15, 0.2) is 24.3 Å². The first-order chi connectivity index (χ1) is 8.75. The van der Waals surface area contributed by atoms with Crippen LogP contribution in [0.5, 0.6) is 0 Å². The van der Waals surface area contributed by atoms with E-state index in [0.717, 1.165) is 30.0 Å². The van der Waals surface area contributed by atoms with Gasteiger partial charge in [-0.25, -0.2) is 0 Å². The molecule has 3 heteroatoms. The van der Waals surface area contributed by atoms with E-state index in [2.05, 4.69) is 6.07 Å². The molecule has 1 aromatic carbocycles. The average molecular weight is 267 g/mol. The van der Waals surface area contributed by atoms with Crippen LogP contribution in [0.1, 0.15) is 24.8 Å². The van der Waals surface area contributed by atoms with Gasteiger partial charge in [-0.15, -0.1) is 0 Å². The van der Waals surface area contributed by atoms with Gasteiger partial charge in [0.25, 0.3) is 0 Å². The second-order valence-electron chi connectivity index (χ2n) is 5.67. The first kappa shape index (κ1) is 12.5. The van der Waals surface area contributed by atoms with Crippen LogP contribution in [-0.4, -0.2) is 24.4 Å². The number of aliphatic hydroxyl groups excluding tert-OH is 1. The Morgan fingerprint density at radius 1 is 1.33 bits per heavy atom. The summed E-state index contributed by atoms with van der Waals surface area (Å²) in [4.78, 5) is 0. The van der Waals surface area contributed by atoms with E-state index in [1.165, 1.54) is 12.8 Å². The van der Waals surface area contributed by atoms with Crippen LogP contribution in [0.2, 0.25) is 5.02 Å². The lowest BCUT2D eigenvalue weighted by Crippen LogP contribution is -2.38. The Morgan fingerprint density at radius 3 is 2.78 bits per heavy atom. The van der Waals surface area contributed by atoms with E-state index in [1.807, 2.05) is 18.2 Å². The van der Waals surface area contributed by atoms with Crippen molar-refractivity contribution in [2.45, 2.75) is 31.8 Å². The quantitative estimate of drug-likeness (QED) is 0.908. The highest BCUT2D eigenvalue weighted by Crippen LogP contribution is 2.49. The molecule has 98 valence electrons. The van der Waals surface area contributed by atoms with Crippen LogP contribution in [0, 0.1) is 11.3 Å². The molecule has 1 aliphatic heterocycles. The van der Waals surface area contributed by atoms with Gasteiger partial charge in [0.2, 0.25) is 0 Å². The molecule has 0 radical (unpaired) electrons. The second-order valence-corrected chi connectivity index (χ2v) is 6.07. The van der Waals surface area contributed by atoms with Crippen molar-refractivity contribution in [2.75, 3.05) is 13.2 Å². The lowest BCUT2D eigenvalue weighted by molar-refractivity contribution is 0.000599. The SMILES string of the molecule is OCC1(Cc2ccccc2Cl)CCOC1C1CC1. The van der Waals surface area contributed by atoms with Crippen molar-refractivity contribution in [1.29, 1.82) is 0 Å². The van der Waals surface area contributed by atoms with E-state index < -0.39 is 0 Å². The van der Waals surface area contributed by atoms with Crippen LogP contribution in [-0.2, 0) is 11.2 Å². The average Bonchev–Trinajstić information content (AvgIpc) is 3.14. The Bertz CT molecular complexity index is 430. The zero-order valence-corrected chi connectivity index (χ0v) is 11.2. The lowest BCUT2D eigenvalue weighted by Gasteiger charge is -2.32. The molecule has 0 amide bonds. The zero-order valence-electron chi connectivity index (χ0n) is 10.4. The fourth-order valence-electron chi connectivity index (χ4n) is 3.18. The minimum atomic E-state index is -0.119. The van der Waals surface area contributed by atoms with Gasteiger partial charge in [-0.2, -0.15) is 0 Å². The second kappa shape index (κ2) is 4.84. The fourth-order valence-corrected chi connectivity index (χ4v) is 3.38. The normalized spacial score (nSPS) is 31.8. The standard InChI is InChI=1S/C15H19ClO2/c16-13-4-2-1-3-12(13)9-15(10-17)7-8-18-14(15)11-5-6-11/h1-4,11,14,17H,5-10H2. The van der Waals surface area contributed by atoms with Crippen LogP contribution < -0.4 is 0 Å². The van der Waals surface area contributed by atoms with Gasteiger partial charge in [-0.1, -0.05) is 29.8 Å². The molecule has 1 heterocycles. The number of rotatable bonds is 4. The number of aliphatic hydroxyl groups is 1. The molecule has 18 heavy (non-hydrogen) atoms. The summed E-state index contributed by atoms with van der Waals surface area (Å²) in [6.45, 7) is 0.964. The molecule has 2 fully saturated rings. The van der Waals surface area contributed by atoms with E-state index in [1.54, 1.807) is 0 Å². The van der Waals surface area contributed by atoms with Gasteiger partial charge in [0, 0.05) is 17.0 Å². The first-order valence-corrected chi connectivity index (χ1v) is 7.09. The lowest BCUT2D eigenvalue weighted by atomic mass is 9.75. The van der Waals surface area contributed by atoms with Gasteiger partial charge >= 0.3 is 0 Å². The fraction of sp³-hybridized carbons (Fsp3) is 0.600. The largest absolute Gasteiger partial charge is 0.396 e. The minimum absolute atomic E-state index is 0.119. The molecule has 2 nitrogen and oxygen atoms in total. The third kappa shape index (κ3) is 2.18. The van der Waals surface area contributed by atoms with Gasteiger partial charge in [-0.3, -0.25) is 0 Å². The summed E-state index contributed by atoms with van der Waals surface area (Å²) in [5.74, 6) is 0.655. The summed E-state index contributed by atoms with van der Waals surface area (Å²) >= 11 is 6.24. The molecule has 0 bridgehead atoms. The Kier molecular flexibility index (Phi) is 3.35. The summed E-state index contributed by atoms with van der Waals surface area (Å²) in [7, 11) is 0. The van der Waals surface area contributed by atoms with Crippen LogP contribution in [0.25, 0.3) is 0 Å².